The van der Waals surface area contributed by atoms with E-state index in [0.29, 0.717) is 12.8 Å². The molecule has 0 unspecified atom stereocenters. The van der Waals surface area contributed by atoms with Gasteiger partial charge in [0, 0.05) is 13.1 Å². The molecule has 3 aliphatic rings. The largest absolute Gasteiger partial charge is 0.340 e. The highest BCUT2D eigenvalue weighted by Crippen LogP contribution is 2.39. The molecule has 0 bridgehead atoms. The number of carbonyl (C=O) groups excluding carboxylic acids is 3. The lowest BCUT2D eigenvalue weighted by atomic mass is 9.84. The third kappa shape index (κ3) is 3.41. The van der Waals surface area contributed by atoms with Gasteiger partial charge in [-0.3, -0.25) is 14.5 Å². The molecule has 1 aliphatic carbocycles. The Morgan fingerprint density at radius 2 is 2.03 bits per heavy atom. The summed E-state index contributed by atoms with van der Waals surface area (Å²) in [6, 6.07) is 6.63. The highest BCUT2D eigenvalue weighted by atomic mass is 32.2. The van der Waals surface area contributed by atoms with E-state index in [1.165, 1.54) is 11.9 Å². The maximum atomic E-state index is 13.4. The highest BCUT2D eigenvalue weighted by Gasteiger charge is 2.53. The molecule has 2 aliphatic heterocycles. The topological polar surface area (TPSA) is 104 Å². The molecule has 0 radical (unpaired) electrons. The van der Waals surface area contributed by atoms with E-state index in [1.54, 1.807) is 0 Å². The normalized spacial score (nSPS) is 28.2. The minimum atomic E-state index is -3.14. The molecular weight excluding hydrogens is 394 g/mol. The number of likely N-dealkylation sites (N-methyl/N-ethyl adjacent to an activating group) is 1. The molecule has 0 saturated carbocycles. The molecule has 9 heteroatoms. The van der Waals surface area contributed by atoms with Crippen LogP contribution in [0.4, 0.5) is 4.79 Å². The van der Waals surface area contributed by atoms with Crippen LogP contribution in [0.1, 0.15) is 36.8 Å². The van der Waals surface area contributed by atoms with Gasteiger partial charge in [-0.1, -0.05) is 24.3 Å². The van der Waals surface area contributed by atoms with Gasteiger partial charge in [-0.05, 0) is 43.2 Å². The van der Waals surface area contributed by atoms with Crippen LogP contribution in [0.3, 0.4) is 0 Å². The van der Waals surface area contributed by atoms with Crippen molar-refractivity contribution in [2.24, 2.45) is 0 Å². The maximum absolute atomic E-state index is 13.4. The van der Waals surface area contributed by atoms with Gasteiger partial charge < -0.3 is 10.2 Å². The Bertz CT molecular complexity index is 976. The van der Waals surface area contributed by atoms with Crippen LogP contribution in [-0.2, 0) is 31.4 Å². The van der Waals surface area contributed by atoms with Gasteiger partial charge in [0.25, 0.3) is 5.91 Å². The second-order valence-corrected chi connectivity index (χ2v) is 10.4. The number of carbonyl (C=O) groups is 3. The van der Waals surface area contributed by atoms with E-state index in [2.05, 4.69) is 5.32 Å². The summed E-state index contributed by atoms with van der Waals surface area (Å²) >= 11 is 0. The van der Waals surface area contributed by atoms with Crippen LogP contribution in [0.2, 0.25) is 0 Å². The predicted octanol–water partition coefficient (Wildman–Crippen LogP) is 0.806. The fourth-order valence-corrected chi connectivity index (χ4v) is 6.42. The van der Waals surface area contributed by atoms with E-state index in [9.17, 15) is 22.8 Å². The number of benzene rings is 1. The summed E-state index contributed by atoms with van der Waals surface area (Å²) < 4.78 is 23.4. The summed E-state index contributed by atoms with van der Waals surface area (Å²) in [5.74, 6) is -0.863. The first kappa shape index (κ1) is 19.9. The average molecular weight is 420 g/mol. The first-order valence-corrected chi connectivity index (χ1v) is 11.7. The number of nitrogens with zero attached hydrogens (tertiary/aromatic N) is 2. The summed E-state index contributed by atoms with van der Waals surface area (Å²) in [6.07, 6.45) is 3.44. The minimum absolute atomic E-state index is 0.0539. The Labute approximate surface area is 170 Å². The Kier molecular flexibility index (Phi) is 4.88. The summed E-state index contributed by atoms with van der Waals surface area (Å²) in [6.45, 7) is -0.387. The Hall–Kier alpha value is -2.42. The maximum Gasteiger partial charge on any atom is 0.325 e. The van der Waals surface area contributed by atoms with E-state index in [4.69, 9.17) is 0 Å². The van der Waals surface area contributed by atoms with Crippen LogP contribution in [0.5, 0.6) is 0 Å². The SMILES string of the molecule is CN(C(=O)CN1C(=O)N[C@@]2(CCCCc3ccccc32)C1=O)[C@@H]1CCS(=O)(=O)C1. The zero-order valence-corrected chi connectivity index (χ0v) is 17.2. The third-order valence-electron chi connectivity index (χ3n) is 6.34. The molecule has 1 aromatic carbocycles. The molecular formula is C20H25N3O5S. The van der Waals surface area contributed by atoms with Gasteiger partial charge in [0.1, 0.15) is 12.1 Å². The van der Waals surface area contributed by atoms with Gasteiger partial charge in [0.2, 0.25) is 5.91 Å². The number of amides is 4. The lowest BCUT2D eigenvalue weighted by Gasteiger charge is -2.28. The quantitative estimate of drug-likeness (QED) is 0.730. The fourth-order valence-electron chi connectivity index (χ4n) is 4.65. The molecule has 2 saturated heterocycles. The molecule has 29 heavy (non-hydrogen) atoms. The fraction of sp³-hybridized carbons (Fsp3) is 0.550. The van der Waals surface area contributed by atoms with E-state index >= 15 is 0 Å². The van der Waals surface area contributed by atoms with Gasteiger partial charge in [-0.15, -0.1) is 0 Å². The summed E-state index contributed by atoms with van der Waals surface area (Å²) in [7, 11) is -1.61. The van der Waals surface area contributed by atoms with Crippen molar-refractivity contribution in [3.63, 3.8) is 0 Å². The van der Waals surface area contributed by atoms with Crippen molar-refractivity contribution in [3.05, 3.63) is 35.4 Å². The number of fused-ring (bicyclic) bond motifs is 2. The monoisotopic (exact) mass is 419 g/mol. The van der Waals surface area contributed by atoms with E-state index in [1.807, 2.05) is 24.3 Å². The molecule has 2 heterocycles. The smallest absolute Gasteiger partial charge is 0.325 e. The van der Waals surface area contributed by atoms with Crippen LogP contribution in [0.15, 0.2) is 24.3 Å². The van der Waals surface area contributed by atoms with Crippen LogP contribution >= 0.6 is 0 Å². The van der Waals surface area contributed by atoms with E-state index in [0.717, 1.165) is 35.3 Å². The zero-order valence-electron chi connectivity index (χ0n) is 16.4. The Morgan fingerprint density at radius 1 is 1.28 bits per heavy atom. The van der Waals surface area contributed by atoms with Crippen LogP contribution in [0, 0.1) is 0 Å². The van der Waals surface area contributed by atoms with Crippen molar-refractivity contribution < 1.29 is 22.8 Å². The number of aryl methyl sites for hydroxylation is 1. The molecule has 2 atom stereocenters. The number of hydrogen-bond donors (Lipinski definition) is 1. The Balaban J connectivity index is 1.56. The van der Waals surface area contributed by atoms with Crippen molar-refractivity contribution in [2.75, 3.05) is 25.1 Å². The van der Waals surface area contributed by atoms with Crippen LogP contribution in [-0.4, -0.2) is 67.2 Å². The van der Waals surface area contributed by atoms with Gasteiger partial charge in [-0.25, -0.2) is 13.2 Å². The average Bonchev–Trinajstić information content (AvgIpc) is 3.08. The summed E-state index contributed by atoms with van der Waals surface area (Å²) in [5, 5.41) is 2.86. The molecule has 2 fully saturated rings. The highest BCUT2D eigenvalue weighted by molar-refractivity contribution is 7.91. The van der Waals surface area contributed by atoms with E-state index < -0.39 is 39.3 Å². The molecule has 1 spiro atoms. The third-order valence-corrected chi connectivity index (χ3v) is 8.09. The number of sulfone groups is 1. The molecule has 0 aromatic heterocycles. The zero-order chi connectivity index (χ0) is 20.8. The van der Waals surface area contributed by atoms with Crippen molar-refractivity contribution in [1.29, 1.82) is 0 Å². The van der Waals surface area contributed by atoms with Gasteiger partial charge in [0.05, 0.1) is 11.5 Å². The van der Waals surface area contributed by atoms with Gasteiger partial charge in [0.15, 0.2) is 9.84 Å². The second-order valence-electron chi connectivity index (χ2n) is 8.15. The molecule has 156 valence electrons. The lowest BCUT2D eigenvalue weighted by molar-refractivity contribution is -0.139. The van der Waals surface area contributed by atoms with Crippen molar-refractivity contribution in [2.45, 2.75) is 43.7 Å². The summed E-state index contributed by atoms with van der Waals surface area (Å²) in [5.41, 5.74) is 0.723. The lowest BCUT2D eigenvalue weighted by Crippen LogP contribution is -2.47. The van der Waals surface area contributed by atoms with Crippen LogP contribution in [0.25, 0.3) is 0 Å². The number of rotatable bonds is 3. The van der Waals surface area contributed by atoms with Crippen molar-refractivity contribution in [1.82, 2.24) is 15.1 Å². The molecule has 1 N–H and O–H groups in total. The number of urea groups is 1. The first-order valence-electron chi connectivity index (χ1n) is 9.92. The second kappa shape index (κ2) is 7.12. The minimum Gasteiger partial charge on any atom is -0.340 e. The van der Waals surface area contributed by atoms with Gasteiger partial charge >= 0.3 is 6.03 Å². The number of hydrogen-bond acceptors (Lipinski definition) is 5. The molecule has 4 rings (SSSR count). The molecule has 8 nitrogen and oxygen atoms in total. The number of nitrogens with one attached hydrogen (secondary N) is 1. The van der Waals surface area contributed by atoms with Gasteiger partial charge in [-0.2, -0.15) is 0 Å². The molecule has 4 amide bonds. The number of imide groups is 1. The Morgan fingerprint density at radius 3 is 2.76 bits per heavy atom. The van der Waals surface area contributed by atoms with Crippen molar-refractivity contribution in [3.8, 4) is 0 Å². The van der Waals surface area contributed by atoms with Crippen molar-refractivity contribution >= 4 is 27.7 Å². The molecule has 1 aromatic rings. The van der Waals surface area contributed by atoms with Crippen LogP contribution < -0.4 is 5.32 Å². The predicted molar refractivity (Wildman–Crippen MR) is 106 cm³/mol. The summed E-state index contributed by atoms with van der Waals surface area (Å²) in [4.78, 5) is 41.1. The van der Waals surface area contributed by atoms with E-state index in [-0.39, 0.29) is 18.1 Å². The standard InChI is InChI=1S/C20H25N3O5S/c1-22(15-9-11-29(27,28)13-15)17(24)12-23-18(25)20(21-19(23)26)10-5-4-7-14-6-2-3-8-16(14)20/h2-3,6,8,15H,4-5,7,9-13H2,1H3,(H,21,26)/t15-,20-/m1/s1. The first-order chi connectivity index (χ1) is 13.7.